The number of aromatic nitrogens is 1. The smallest absolute Gasteiger partial charge is 0.357 e. The second-order valence-electron chi connectivity index (χ2n) is 9.48. The van der Waals surface area contributed by atoms with Crippen molar-refractivity contribution < 1.29 is 14.3 Å². The first kappa shape index (κ1) is 19.7. The summed E-state index contributed by atoms with van der Waals surface area (Å²) in [4.78, 5) is 25.2. The number of hydrogen-bond donors (Lipinski definition) is 2. The summed E-state index contributed by atoms with van der Waals surface area (Å²) in [5.74, 6) is 1.62. The van der Waals surface area contributed by atoms with Gasteiger partial charge in [-0.15, -0.1) is 0 Å². The van der Waals surface area contributed by atoms with Crippen LogP contribution < -0.4 is 11.1 Å². The number of carbonyl (C=O) groups is 2. The monoisotopic (exact) mass is 418 g/mol. The molecule has 1 aromatic heterocycles. The minimum Gasteiger partial charge on any atom is -0.464 e. The first-order chi connectivity index (χ1) is 14.9. The van der Waals surface area contributed by atoms with Crippen LogP contribution in [-0.4, -0.2) is 29.1 Å². The summed E-state index contributed by atoms with van der Waals surface area (Å²) in [6.07, 6.45) is 8.80. The molecule has 0 radical (unpaired) electrons. The maximum absolute atomic E-state index is 13.0. The predicted molar refractivity (Wildman–Crippen MR) is 115 cm³/mol. The number of methoxy groups -OCH3 is 1. The maximum atomic E-state index is 13.0. The summed E-state index contributed by atoms with van der Waals surface area (Å²) < 4.78 is 6.35. The molecule has 4 fully saturated rings. The van der Waals surface area contributed by atoms with Gasteiger partial charge in [0.05, 0.1) is 18.4 Å². The van der Waals surface area contributed by atoms with Gasteiger partial charge >= 0.3 is 5.97 Å². The first-order valence-corrected chi connectivity index (χ1v) is 10.8. The standard InChI is InChI=1S/C24H26N4O3/c1-31-23(30)21-20(26)18(12-25)13-28(21)19-4-2-17(3-5-19)22(29)27-24-9-14-6-15(10-24)8-16(7-14)11-24/h2-5,13-16H,6-11,26H2,1H3,(H,27,29). The van der Waals surface area contributed by atoms with Crippen molar-refractivity contribution in [2.24, 2.45) is 17.8 Å². The number of nitrogens with two attached hydrogens (primary N) is 1. The van der Waals surface area contributed by atoms with Gasteiger partial charge in [-0.2, -0.15) is 5.26 Å². The second kappa shape index (κ2) is 7.16. The molecule has 4 aliphatic carbocycles. The molecular formula is C24H26N4O3. The third-order valence-corrected chi connectivity index (χ3v) is 7.37. The minimum atomic E-state index is -0.623. The molecule has 0 aliphatic heterocycles. The molecule has 1 aromatic carbocycles. The van der Waals surface area contributed by atoms with Gasteiger partial charge in [0, 0.05) is 23.0 Å². The molecule has 3 N–H and O–H groups in total. The Morgan fingerprint density at radius 1 is 1.13 bits per heavy atom. The Kier molecular flexibility index (Phi) is 4.54. The fourth-order valence-corrected chi connectivity index (χ4v) is 6.47. The van der Waals surface area contributed by atoms with Gasteiger partial charge in [0.1, 0.15) is 6.07 Å². The lowest BCUT2D eigenvalue weighted by Gasteiger charge is -2.56. The molecule has 0 unspecified atom stereocenters. The van der Waals surface area contributed by atoms with E-state index in [2.05, 4.69) is 5.32 Å². The number of nitriles is 1. The maximum Gasteiger partial charge on any atom is 0.357 e. The van der Waals surface area contributed by atoms with E-state index in [-0.39, 0.29) is 28.4 Å². The molecule has 7 heteroatoms. The van der Waals surface area contributed by atoms with Gasteiger partial charge in [-0.05, 0) is 80.5 Å². The van der Waals surface area contributed by atoms with Crippen LogP contribution in [0.2, 0.25) is 0 Å². The van der Waals surface area contributed by atoms with Crippen LogP contribution in [0.15, 0.2) is 30.5 Å². The van der Waals surface area contributed by atoms with Crippen LogP contribution in [0.3, 0.4) is 0 Å². The van der Waals surface area contributed by atoms with Crippen LogP contribution >= 0.6 is 0 Å². The lowest BCUT2D eigenvalue weighted by molar-refractivity contribution is -0.0167. The topological polar surface area (TPSA) is 110 Å². The Morgan fingerprint density at radius 3 is 2.23 bits per heavy atom. The molecule has 0 saturated heterocycles. The van der Waals surface area contributed by atoms with Gasteiger partial charge in [-0.3, -0.25) is 4.79 Å². The Hall–Kier alpha value is -3.27. The van der Waals surface area contributed by atoms with Crippen molar-refractivity contribution in [1.82, 2.24) is 9.88 Å². The van der Waals surface area contributed by atoms with Crippen molar-refractivity contribution in [3.63, 3.8) is 0 Å². The average Bonchev–Trinajstić information content (AvgIpc) is 3.08. The molecule has 0 atom stereocenters. The van der Waals surface area contributed by atoms with Crippen LogP contribution in [0.25, 0.3) is 5.69 Å². The van der Waals surface area contributed by atoms with E-state index < -0.39 is 5.97 Å². The zero-order valence-corrected chi connectivity index (χ0v) is 17.6. The van der Waals surface area contributed by atoms with Crippen LogP contribution in [-0.2, 0) is 4.74 Å². The van der Waals surface area contributed by atoms with E-state index in [1.165, 1.54) is 37.1 Å². The van der Waals surface area contributed by atoms with Gasteiger partial charge in [0.15, 0.2) is 5.69 Å². The summed E-state index contributed by atoms with van der Waals surface area (Å²) in [7, 11) is 1.27. The summed E-state index contributed by atoms with van der Waals surface area (Å²) >= 11 is 0. The number of rotatable bonds is 4. The highest BCUT2D eigenvalue weighted by Crippen LogP contribution is 2.55. The number of anilines is 1. The second-order valence-corrected chi connectivity index (χ2v) is 9.48. The van der Waals surface area contributed by atoms with Crippen LogP contribution in [0.5, 0.6) is 0 Å². The van der Waals surface area contributed by atoms with E-state index >= 15 is 0 Å². The molecule has 1 heterocycles. The van der Waals surface area contributed by atoms with E-state index in [1.807, 2.05) is 6.07 Å². The van der Waals surface area contributed by atoms with E-state index in [1.54, 1.807) is 24.3 Å². The third-order valence-electron chi connectivity index (χ3n) is 7.37. The zero-order valence-electron chi connectivity index (χ0n) is 17.6. The molecule has 4 saturated carbocycles. The number of nitrogen functional groups attached to an aromatic ring is 1. The lowest BCUT2D eigenvalue weighted by atomic mass is 9.53. The van der Waals surface area contributed by atoms with Crippen molar-refractivity contribution >= 4 is 17.6 Å². The number of nitrogens with one attached hydrogen (secondary N) is 1. The third kappa shape index (κ3) is 3.27. The van der Waals surface area contributed by atoms with E-state index in [9.17, 15) is 14.9 Å². The molecule has 1 amide bonds. The van der Waals surface area contributed by atoms with Crippen molar-refractivity contribution in [2.75, 3.05) is 12.8 Å². The van der Waals surface area contributed by atoms with Crippen molar-refractivity contribution in [3.8, 4) is 11.8 Å². The fraction of sp³-hybridized carbons (Fsp3) is 0.458. The molecule has 160 valence electrons. The number of carbonyl (C=O) groups excluding carboxylic acids is 2. The van der Waals surface area contributed by atoms with Crippen molar-refractivity contribution in [3.05, 3.63) is 47.3 Å². The van der Waals surface area contributed by atoms with Gasteiger partial charge in [-0.1, -0.05) is 0 Å². The Bertz CT molecular complexity index is 1060. The average molecular weight is 418 g/mol. The number of amides is 1. The molecular weight excluding hydrogens is 392 g/mol. The number of nitrogens with zero attached hydrogens (tertiary/aromatic N) is 2. The van der Waals surface area contributed by atoms with Crippen LogP contribution in [0.4, 0.5) is 5.69 Å². The summed E-state index contributed by atoms with van der Waals surface area (Å²) in [6.45, 7) is 0. The largest absolute Gasteiger partial charge is 0.464 e. The SMILES string of the molecule is COC(=O)c1c(N)c(C#N)cn1-c1ccc(C(=O)NC23CC4CC(CC(C4)C2)C3)cc1. The summed E-state index contributed by atoms with van der Waals surface area (Å²) in [6, 6.07) is 8.98. The highest BCUT2D eigenvalue weighted by molar-refractivity contribution is 5.96. The summed E-state index contributed by atoms with van der Waals surface area (Å²) in [5, 5.41) is 12.7. The van der Waals surface area contributed by atoms with Gasteiger partial charge < -0.3 is 20.4 Å². The molecule has 31 heavy (non-hydrogen) atoms. The number of hydrogen-bond acceptors (Lipinski definition) is 5. The Labute approximate surface area is 181 Å². The van der Waals surface area contributed by atoms with Crippen molar-refractivity contribution in [1.29, 1.82) is 5.26 Å². The number of esters is 1. The predicted octanol–water partition coefficient (Wildman–Crippen LogP) is 3.42. The molecule has 4 aliphatic rings. The van der Waals surface area contributed by atoms with Crippen molar-refractivity contribution in [2.45, 2.75) is 44.1 Å². The minimum absolute atomic E-state index is 0.0425. The van der Waals surface area contributed by atoms with E-state index in [0.29, 0.717) is 11.3 Å². The normalized spacial score (nSPS) is 28.2. The van der Waals surface area contributed by atoms with Gasteiger partial charge in [0.25, 0.3) is 5.91 Å². The van der Waals surface area contributed by atoms with Crippen LogP contribution in [0.1, 0.15) is 64.9 Å². The number of benzene rings is 1. The molecule has 2 aromatic rings. The Morgan fingerprint density at radius 2 is 1.71 bits per heavy atom. The summed E-state index contributed by atoms with van der Waals surface area (Å²) in [5.41, 5.74) is 7.51. The van der Waals surface area contributed by atoms with Gasteiger partial charge in [-0.25, -0.2) is 4.79 Å². The van der Waals surface area contributed by atoms with Crippen LogP contribution in [0, 0.1) is 29.1 Å². The molecule has 0 spiro atoms. The fourth-order valence-electron chi connectivity index (χ4n) is 6.47. The quantitative estimate of drug-likeness (QED) is 0.739. The highest BCUT2D eigenvalue weighted by Gasteiger charge is 2.51. The molecule has 4 bridgehead atoms. The number of ether oxygens (including phenoxy) is 1. The molecule has 6 rings (SSSR count). The zero-order chi connectivity index (χ0) is 21.8. The molecule has 7 nitrogen and oxygen atoms in total. The van der Waals surface area contributed by atoms with E-state index in [0.717, 1.165) is 37.0 Å². The highest BCUT2D eigenvalue weighted by atomic mass is 16.5. The van der Waals surface area contributed by atoms with Gasteiger partial charge in [0.2, 0.25) is 0 Å². The van der Waals surface area contributed by atoms with E-state index in [4.69, 9.17) is 10.5 Å². The lowest BCUT2D eigenvalue weighted by Crippen LogP contribution is -2.59. The Balaban J connectivity index is 1.38. The first-order valence-electron chi connectivity index (χ1n) is 10.8.